The standard InChI is InChI=1S/C17H15ClN8O6S4/c18-11-7(24-16(20)36-11)8(25-32)12(28)23-9-13(29)26-10(15(30)31)4(2-33-14(9)26)34-3-35-17-21-5(19)1-6(27)22-17/h1,9,14,32H,2-3H2,(H2,20,24)(H,23,28)(H,30,31)(H3,19,21,22,27)/b25-8-. The fourth-order valence-corrected chi connectivity index (χ4v) is 7.83. The topological polar surface area (TPSA) is 230 Å². The minimum atomic E-state index is -1.30. The second-order valence-corrected chi connectivity index (χ2v) is 12.1. The largest absolute Gasteiger partial charge is 0.477 e. The number of carbonyl (C=O) groups is 3. The highest BCUT2D eigenvalue weighted by Gasteiger charge is 2.54. The number of H-pyrrole nitrogens is 1. The summed E-state index contributed by atoms with van der Waals surface area (Å²) in [6.07, 6.45) is 0. The van der Waals surface area contributed by atoms with Gasteiger partial charge in [0.2, 0.25) is 0 Å². The molecule has 2 aliphatic heterocycles. The first-order valence-corrected chi connectivity index (χ1v) is 13.8. The van der Waals surface area contributed by atoms with Crippen molar-refractivity contribution < 1.29 is 24.7 Å². The predicted molar refractivity (Wildman–Crippen MR) is 137 cm³/mol. The molecule has 190 valence electrons. The summed E-state index contributed by atoms with van der Waals surface area (Å²) >= 11 is 10.4. The van der Waals surface area contributed by atoms with Crippen molar-refractivity contribution in [2.45, 2.75) is 16.6 Å². The third-order valence-corrected chi connectivity index (χ3v) is 9.37. The molecular formula is C17H15ClN8O6S4. The van der Waals surface area contributed by atoms with Crippen LogP contribution in [0.3, 0.4) is 0 Å². The van der Waals surface area contributed by atoms with Crippen molar-refractivity contribution in [3.05, 3.63) is 37.1 Å². The summed E-state index contributed by atoms with van der Waals surface area (Å²) in [6.45, 7) is 0. The maximum absolute atomic E-state index is 12.8. The van der Waals surface area contributed by atoms with Gasteiger partial charge in [-0.15, -0.1) is 23.5 Å². The zero-order valence-electron chi connectivity index (χ0n) is 17.6. The Hall–Kier alpha value is -2.93. The molecule has 0 saturated carbocycles. The number of β-lactam (4-membered cyclic amide) rings is 1. The van der Waals surface area contributed by atoms with Crippen molar-refractivity contribution in [2.75, 3.05) is 22.3 Å². The van der Waals surface area contributed by atoms with E-state index in [1.807, 2.05) is 0 Å². The maximum atomic E-state index is 12.8. The first-order chi connectivity index (χ1) is 17.1. The van der Waals surface area contributed by atoms with Gasteiger partial charge in [-0.05, 0) is 0 Å². The average molecular weight is 591 g/mol. The number of aliphatic carboxylic acids is 1. The van der Waals surface area contributed by atoms with E-state index in [1.54, 1.807) is 0 Å². The number of hydrogen-bond donors (Lipinski definition) is 6. The number of carbonyl (C=O) groups excluding carboxylic acids is 2. The molecule has 0 aromatic carbocycles. The lowest BCUT2D eigenvalue weighted by molar-refractivity contribution is -0.150. The Morgan fingerprint density at radius 1 is 1.33 bits per heavy atom. The number of aromatic nitrogens is 3. The van der Waals surface area contributed by atoms with Crippen molar-refractivity contribution in [1.82, 2.24) is 25.2 Å². The van der Waals surface area contributed by atoms with Crippen LogP contribution in [0.4, 0.5) is 10.9 Å². The van der Waals surface area contributed by atoms with Gasteiger partial charge < -0.3 is 32.1 Å². The van der Waals surface area contributed by atoms with Gasteiger partial charge in [0.25, 0.3) is 17.4 Å². The highest BCUT2D eigenvalue weighted by Crippen LogP contribution is 2.44. The molecule has 2 unspecified atom stereocenters. The molecule has 2 amide bonds. The van der Waals surface area contributed by atoms with Gasteiger partial charge in [0, 0.05) is 16.7 Å². The third kappa shape index (κ3) is 5.12. The van der Waals surface area contributed by atoms with Gasteiger partial charge in [-0.3, -0.25) is 19.3 Å². The lowest BCUT2D eigenvalue weighted by Crippen LogP contribution is -2.71. The molecule has 19 heteroatoms. The number of amides is 2. The number of nitrogens with two attached hydrogens (primary N) is 2. The van der Waals surface area contributed by atoms with Crippen LogP contribution in [-0.4, -0.2) is 75.9 Å². The molecule has 36 heavy (non-hydrogen) atoms. The van der Waals surface area contributed by atoms with Crippen LogP contribution in [0.15, 0.2) is 31.8 Å². The summed E-state index contributed by atoms with van der Waals surface area (Å²) in [5, 5.41) is 24.4. The summed E-state index contributed by atoms with van der Waals surface area (Å²) < 4.78 is 0.0251. The van der Waals surface area contributed by atoms with Crippen molar-refractivity contribution >= 4 is 92.7 Å². The number of nitrogens with zero attached hydrogens (tertiary/aromatic N) is 4. The molecule has 0 aliphatic carbocycles. The van der Waals surface area contributed by atoms with Gasteiger partial charge in [-0.2, -0.15) is 0 Å². The summed E-state index contributed by atoms with van der Waals surface area (Å²) in [7, 11) is 0. The van der Waals surface area contributed by atoms with Crippen LogP contribution >= 0.6 is 58.2 Å². The maximum Gasteiger partial charge on any atom is 0.353 e. The van der Waals surface area contributed by atoms with Gasteiger partial charge in [-0.25, -0.2) is 14.8 Å². The minimum absolute atomic E-state index is 0.0251. The second-order valence-electron chi connectivity index (χ2n) is 6.94. The van der Waals surface area contributed by atoms with Gasteiger partial charge in [0.15, 0.2) is 16.0 Å². The molecule has 1 fully saturated rings. The van der Waals surface area contributed by atoms with Crippen molar-refractivity contribution in [3.8, 4) is 0 Å². The van der Waals surface area contributed by atoms with Crippen molar-refractivity contribution in [3.63, 3.8) is 0 Å². The number of aromatic amines is 1. The Labute approximate surface area is 222 Å². The van der Waals surface area contributed by atoms with Crippen LogP contribution in [0.5, 0.6) is 0 Å². The van der Waals surface area contributed by atoms with Crippen molar-refractivity contribution in [1.29, 1.82) is 0 Å². The smallest absolute Gasteiger partial charge is 0.353 e. The Kier molecular flexibility index (Phi) is 7.69. The number of carboxylic acids is 1. The fourth-order valence-electron chi connectivity index (χ4n) is 3.25. The number of anilines is 2. The van der Waals surface area contributed by atoms with Crippen LogP contribution in [0, 0.1) is 0 Å². The molecule has 2 aromatic rings. The number of carboxylic acid groups (broad SMARTS) is 1. The fraction of sp³-hybridized carbons (Fsp3) is 0.235. The van der Waals surface area contributed by atoms with Gasteiger partial charge in [-0.1, -0.05) is 39.9 Å². The van der Waals surface area contributed by atoms with Crippen LogP contribution in [0.25, 0.3) is 0 Å². The van der Waals surface area contributed by atoms with E-state index in [0.29, 0.717) is 9.99 Å². The number of thiazole rings is 1. The van der Waals surface area contributed by atoms with Gasteiger partial charge in [0.1, 0.15) is 33.0 Å². The number of halogens is 1. The second kappa shape index (κ2) is 10.6. The normalized spacial score (nSPS) is 19.6. The Morgan fingerprint density at radius 3 is 2.69 bits per heavy atom. The molecule has 0 spiro atoms. The summed E-state index contributed by atoms with van der Waals surface area (Å²) in [5.41, 5.74) is 9.84. The van der Waals surface area contributed by atoms with Crippen LogP contribution in [0.2, 0.25) is 4.34 Å². The molecule has 0 radical (unpaired) electrons. The number of rotatable bonds is 8. The van der Waals surface area contributed by atoms with Crippen LogP contribution in [-0.2, 0) is 14.4 Å². The van der Waals surface area contributed by atoms with E-state index in [1.165, 1.54) is 23.5 Å². The van der Waals surface area contributed by atoms with Gasteiger partial charge in [0.05, 0.1) is 5.08 Å². The molecule has 1 saturated heterocycles. The quantitative estimate of drug-likeness (QED) is 0.0465. The molecule has 2 aliphatic rings. The number of thioether (sulfide) groups is 3. The van der Waals surface area contributed by atoms with Crippen LogP contribution < -0.4 is 22.3 Å². The van der Waals surface area contributed by atoms with E-state index in [0.717, 1.165) is 34.1 Å². The van der Waals surface area contributed by atoms with Gasteiger partial charge >= 0.3 is 5.97 Å². The number of nitrogens with one attached hydrogen (secondary N) is 2. The third-order valence-electron chi connectivity index (χ3n) is 4.73. The monoisotopic (exact) mass is 590 g/mol. The Morgan fingerprint density at radius 2 is 2.08 bits per heavy atom. The molecule has 0 bridgehead atoms. The molecule has 2 aromatic heterocycles. The highest BCUT2D eigenvalue weighted by atomic mass is 35.5. The molecular weight excluding hydrogens is 576 g/mol. The zero-order valence-corrected chi connectivity index (χ0v) is 21.7. The molecule has 14 nitrogen and oxygen atoms in total. The zero-order chi connectivity index (χ0) is 26.1. The van der Waals surface area contributed by atoms with E-state index < -0.39 is 40.5 Å². The molecule has 2 atom stereocenters. The average Bonchev–Trinajstić information content (AvgIpc) is 3.14. The molecule has 4 rings (SSSR count). The summed E-state index contributed by atoms with van der Waals surface area (Å²) in [5.74, 6) is -2.56. The number of hydrogen-bond acceptors (Lipinski definition) is 14. The van der Waals surface area contributed by atoms with E-state index in [-0.39, 0.29) is 37.6 Å². The lowest BCUT2D eigenvalue weighted by Gasteiger charge is -2.49. The van der Waals surface area contributed by atoms with E-state index in [4.69, 9.17) is 23.1 Å². The number of oxime groups is 1. The number of nitrogen functional groups attached to an aromatic ring is 2. The van der Waals surface area contributed by atoms with E-state index in [2.05, 4.69) is 25.4 Å². The lowest BCUT2D eigenvalue weighted by atomic mass is 10.0. The predicted octanol–water partition coefficient (Wildman–Crippen LogP) is 0.402. The summed E-state index contributed by atoms with van der Waals surface area (Å²) in [4.78, 5) is 60.9. The van der Waals surface area contributed by atoms with Crippen LogP contribution in [0.1, 0.15) is 5.69 Å². The highest BCUT2D eigenvalue weighted by molar-refractivity contribution is 8.18. The number of fused-ring (bicyclic) bond motifs is 1. The SMILES string of the molecule is Nc1cc(=O)[nH]c(SCSC2=C(C(=O)O)N3C(=O)C(NC(=O)/C(=N\O)c4nc(N)sc4Cl)C3SC2)n1. The molecule has 8 N–H and O–H groups in total. The first-order valence-electron chi connectivity index (χ1n) is 9.59. The molecule has 4 heterocycles. The Bertz CT molecular complexity index is 1380. The van der Waals surface area contributed by atoms with E-state index in [9.17, 15) is 29.5 Å². The summed E-state index contributed by atoms with van der Waals surface area (Å²) in [6, 6.07) is 0.0760. The first kappa shape index (κ1) is 26.1. The van der Waals surface area contributed by atoms with Crippen molar-refractivity contribution in [2.24, 2.45) is 5.16 Å². The van der Waals surface area contributed by atoms with E-state index >= 15 is 0 Å². The Balaban J connectivity index is 1.45. The minimum Gasteiger partial charge on any atom is -0.477 e.